The number of hydrogen-bond donors (Lipinski definition) is 3. The van der Waals surface area contributed by atoms with Gasteiger partial charge in [-0.15, -0.1) is 11.3 Å². The third kappa shape index (κ3) is 8.47. The molecule has 2 atom stereocenters. The van der Waals surface area contributed by atoms with Crippen LogP contribution in [-0.2, 0) is 0 Å². The highest BCUT2D eigenvalue weighted by atomic mass is 32.1. The summed E-state index contributed by atoms with van der Waals surface area (Å²) < 4.78 is 0. The van der Waals surface area contributed by atoms with Crippen LogP contribution in [0.3, 0.4) is 0 Å². The van der Waals surface area contributed by atoms with Crippen molar-refractivity contribution in [3.63, 3.8) is 0 Å². The minimum Gasteiger partial charge on any atom is -0.395 e. The van der Waals surface area contributed by atoms with Crippen molar-refractivity contribution in [1.82, 2.24) is 4.98 Å². The number of nitrogens with two attached hydrogens (primary N) is 1. The predicted octanol–water partition coefficient (Wildman–Crippen LogP) is 3.38. The van der Waals surface area contributed by atoms with Crippen molar-refractivity contribution in [2.24, 2.45) is 5.73 Å². The first-order chi connectivity index (χ1) is 11.2. The third-order valence-electron chi connectivity index (χ3n) is 3.76. The molecule has 5 heteroatoms. The molecule has 0 unspecified atom stereocenters. The lowest BCUT2D eigenvalue weighted by atomic mass is 10.1. The first kappa shape index (κ1) is 20.1. The maximum atomic E-state index is 9.86. The highest BCUT2D eigenvalue weighted by molar-refractivity contribution is 7.09. The van der Waals surface area contributed by atoms with Crippen LogP contribution in [0.4, 0.5) is 0 Å². The summed E-state index contributed by atoms with van der Waals surface area (Å²) in [6.07, 6.45) is 10.4. The van der Waals surface area contributed by atoms with E-state index in [4.69, 9.17) is 10.8 Å². The first-order valence-corrected chi connectivity index (χ1v) is 9.55. The fourth-order valence-corrected chi connectivity index (χ4v) is 3.07. The Morgan fingerprint density at radius 3 is 2.48 bits per heavy atom. The van der Waals surface area contributed by atoms with E-state index in [1.165, 1.54) is 56.3 Å². The van der Waals surface area contributed by atoms with Gasteiger partial charge in [-0.3, -0.25) is 0 Å². The van der Waals surface area contributed by atoms with E-state index in [0.29, 0.717) is 10.7 Å². The zero-order chi connectivity index (χ0) is 16.9. The first-order valence-electron chi connectivity index (χ1n) is 8.67. The van der Waals surface area contributed by atoms with Gasteiger partial charge in [0.2, 0.25) is 0 Å². The van der Waals surface area contributed by atoms with Gasteiger partial charge in [0.15, 0.2) is 0 Å². The summed E-state index contributed by atoms with van der Waals surface area (Å²) in [4.78, 5) is 4.26. The summed E-state index contributed by atoms with van der Waals surface area (Å²) in [6, 6.07) is -0.695. The lowest BCUT2D eigenvalue weighted by Crippen LogP contribution is -2.31. The Labute approximate surface area is 144 Å². The summed E-state index contributed by atoms with van der Waals surface area (Å²) in [7, 11) is 0. The van der Waals surface area contributed by atoms with Crippen molar-refractivity contribution < 1.29 is 10.2 Å². The molecular weight excluding hydrogens is 308 g/mol. The molecule has 23 heavy (non-hydrogen) atoms. The topological polar surface area (TPSA) is 79.4 Å². The van der Waals surface area contributed by atoms with Gasteiger partial charge in [-0.2, -0.15) is 0 Å². The lowest BCUT2D eigenvalue weighted by molar-refractivity contribution is 0.109. The van der Waals surface area contributed by atoms with E-state index in [1.54, 1.807) is 0 Å². The molecule has 1 aromatic heterocycles. The van der Waals surface area contributed by atoms with E-state index in [9.17, 15) is 5.11 Å². The molecule has 4 nitrogen and oxygen atoms in total. The fourth-order valence-electron chi connectivity index (χ4n) is 2.26. The number of aliphatic hydroxyl groups excluding tert-OH is 2. The number of unbranched alkanes of at least 4 members (excludes halogenated alkanes) is 8. The maximum absolute atomic E-state index is 9.86. The molecule has 0 spiro atoms. The molecule has 130 valence electrons. The van der Waals surface area contributed by atoms with Crippen molar-refractivity contribution in [1.29, 1.82) is 0 Å². The molecule has 0 aliphatic rings. The van der Waals surface area contributed by atoms with Crippen LogP contribution in [-0.4, -0.2) is 27.8 Å². The predicted molar refractivity (Wildman–Crippen MR) is 96.2 cm³/mol. The third-order valence-corrected chi connectivity index (χ3v) is 4.68. The van der Waals surface area contributed by atoms with Crippen molar-refractivity contribution in [2.75, 3.05) is 6.61 Å². The van der Waals surface area contributed by atoms with Gasteiger partial charge in [0.1, 0.15) is 16.8 Å². The van der Waals surface area contributed by atoms with Crippen LogP contribution in [0.5, 0.6) is 0 Å². The van der Waals surface area contributed by atoms with Crippen LogP contribution < -0.4 is 5.73 Å². The molecule has 0 aliphatic heterocycles. The molecule has 0 saturated heterocycles. The Bertz CT molecular complexity index is 479. The Morgan fingerprint density at radius 2 is 1.83 bits per heavy atom. The van der Waals surface area contributed by atoms with Crippen molar-refractivity contribution >= 4 is 11.3 Å². The second-order valence-electron chi connectivity index (χ2n) is 5.89. The number of rotatable bonds is 11. The van der Waals surface area contributed by atoms with Crippen molar-refractivity contribution in [3.05, 3.63) is 16.1 Å². The van der Waals surface area contributed by atoms with Gasteiger partial charge in [0.25, 0.3) is 0 Å². The van der Waals surface area contributed by atoms with Gasteiger partial charge in [-0.1, -0.05) is 57.8 Å². The minimum absolute atomic E-state index is 0.264. The van der Waals surface area contributed by atoms with Crippen LogP contribution in [0.25, 0.3) is 0 Å². The molecule has 4 N–H and O–H groups in total. The summed E-state index contributed by atoms with van der Waals surface area (Å²) in [5.41, 5.74) is 6.27. The zero-order valence-electron chi connectivity index (χ0n) is 14.1. The summed E-state index contributed by atoms with van der Waals surface area (Å²) in [5.74, 6) is 6.17. The molecule has 0 aromatic carbocycles. The van der Waals surface area contributed by atoms with Gasteiger partial charge >= 0.3 is 0 Å². The number of hydrogen-bond acceptors (Lipinski definition) is 5. The number of thiazole rings is 1. The summed E-state index contributed by atoms with van der Waals surface area (Å²) in [6.45, 7) is 1.98. The Kier molecular flexibility index (Phi) is 10.9. The van der Waals surface area contributed by atoms with Gasteiger partial charge in [-0.05, 0) is 12.3 Å². The summed E-state index contributed by atoms with van der Waals surface area (Å²) >= 11 is 1.33. The van der Waals surface area contributed by atoms with Gasteiger partial charge in [0.05, 0.1) is 12.6 Å². The Hall–Kier alpha value is -0.930. The van der Waals surface area contributed by atoms with E-state index in [1.807, 2.05) is 5.38 Å². The molecule has 1 aromatic rings. The van der Waals surface area contributed by atoms with Crippen LogP contribution in [0.1, 0.15) is 81.5 Å². The molecule has 0 radical (unpaired) electrons. The maximum Gasteiger partial charge on any atom is 0.124 e. The van der Waals surface area contributed by atoms with Crippen molar-refractivity contribution in [3.8, 4) is 11.8 Å². The molecule has 1 heterocycles. The fraction of sp³-hybridized carbons (Fsp3) is 0.722. The highest BCUT2D eigenvalue weighted by Crippen LogP contribution is 2.20. The van der Waals surface area contributed by atoms with Gasteiger partial charge in [-0.25, -0.2) is 4.98 Å². The molecule has 0 saturated carbocycles. The monoisotopic (exact) mass is 338 g/mol. The zero-order valence-corrected chi connectivity index (χ0v) is 14.9. The average molecular weight is 339 g/mol. The van der Waals surface area contributed by atoms with E-state index < -0.39 is 12.1 Å². The summed E-state index contributed by atoms with van der Waals surface area (Å²) in [5, 5.41) is 21.1. The van der Waals surface area contributed by atoms with E-state index in [2.05, 4.69) is 23.7 Å². The molecule has 0 bridgehead atoms. The second kappa shape index (κ2) is 12.5. The quantitative estimate of drug-likeness (QED) is 0.427. The van der Waals surface area contributed by atoms with Crippen LogP contribution in [0.2, 0.25) is 0 Å². The number of aromatic nitrogens is 1. The van der Waals surface area contributed by atoms with Crippen LogP contribution >= 0.6 is 11.3 Å². The normalized spacial score (nSPS) is 13.4. The number of nitrogens with zero attached hydrogens (tertiary/aromatic N) is 1. The molecule has 0 fully saturated rings. The lowest BCUT2D eigenvalue weighted by Gasteiger charge is -2.12. The highest BCUT2D eigenvalue weighted by Gasteiger charge is 2.19. The van der Waals surface area contributed by atoms with E-state index in [0.717, 1.165) is 12.8 Å². The average Bonchev–Trinajstić information content (AvgIpc) is 3.04. The van der Waals surface area contributed by atoms with Gasteiger partial charge < -0.3 is 15.9 Å². The molecular formula is C18H30N2O2S. The minimum atomic E-state index is -0.923. The second-order valence-corrected chi connectivity index (χ2v) is 6.78. The SMILES string of the molecule is CCCCCCCCCCC#Cc1csc([C@@H](O)[C@@H](N)CO)n1. The molecule has 0 aliphatic carbocycles. The smallest absolute Gasteiger partial charge is 0.124 e. The largest absolute Gasteiger partial charge is 0.395 e. The molecule has 0 amide bonds. The Morgan fingerprint density at radius 1 is 1.17 bits per heavy atom. The molecule has 1 rings (SSSR count). The van der Waals surface area contributed by atoms with Crippen molar-refractivity contribution in [2.45, 2.75) is 76.9 Å². The van der Waals surface area contributed by atoms with Gasteiger partial charge in [0, 0.05) is 11.8 Å². The Balaban J connectivity index is 2.18. The van der Waals surface area contributed by atoms with E-state index >= 15 is 0 Å². The van der Waals surface area contributed by atoms with Crippen LogP contribution in [0, 0.1) is 11.8 Å². The van der Waals surface area contributed by atoms with E-state index in [-0.39, 0.29) is 6.61 Å². The van der Waals surface area contributed by atoms with Crippen LogP contribution in [0.15, 0.2) is 5.38 Å². The number of aliphatic hydroxyl groups is 2. The standard InChI is InChI=1S/C18H30N2O2S/c1-2-3-4-5-6-7-8-9-10-11-12-15-14-23-18(20-15)17(22)16(19)13-21/h14,16-17,21-22H,2-10,13,19H2,1H3/t16-,17-/m0/s1.